The first-order valence-electron chi connectivity index (χ1n) is 8.69. The van der Waals surface area contributed by atoms with E-state index in [1.54, 1.807) is 20.2 Å². The Hall–Kier alpha value is -2.51. The van der Waals surface area contributed by atoms with Crippen LogP contribution >= 0.6 is 11.6 Å². The van der Waals surface area contributed by atoms with Crippen molar-refractivity contribution in [1.82, 2.24) is 5.01 Å². The minimum absolute atomic E-state index is 0.0261. The minimum Gasteiger partial charge on any atom is -0.462 e. The Morgan fingerprint density at radius 2 is 2.22 bits per heavy atom. The molecule has 0 spiro atoms. The molecule has 1 unspecified atom stereocenters. The van der Waals surface area contributed by atoms with Crippen LogP contribution in [0.4, 0.5) is 5.69 Å². The van der Waals surface area contributed by atoms with Crippen molar-refractivity contribution in [3.05, 3.63) is 53.0 Å². The molecule has 1 aliphatic carbocycles. The van der Waals surface area contributed by atoms with Gasteiger partial charge in [-0.3, -0.25) is 0 Å². The van der Waals surface area contributed by atoms with Crippen molar-refractivity contribution in [2.24, 2.45) is 23.4 Å². The zero-order chi connectivity index (χ0) is 20.0. The number of hydrogen-bond acceptors (Lipinski definition) is 7. The number of ether oxygens (including phenoxy) is 1. The third-order valence-corrected chi connectivity index (χ3v) is 4.54. The van der Waals surface area contributed by atoms with Gasteiger partial charge in [-0.05, 0) is 31.0 Å². The summed E-state index contributed by atoms with van der Waals surface area (Å²) in [5.74, 6) is 5.50. The predicted octanol–water partition coefficient (Wildman–Crippen LogP) is 2.55. The predicted molar refractivity (Wildman–Crippen MR) is 108 cm³/mol. The summed E-state index contributed by atoms with van der Waals surface area (Å²) in [6.45, 7) is 1.97. The van der Waals surface area contributed by atoms with Crippen molar-refractivity contribution in [1.29, 1.82) is 5.41 Å². The molecular formula is C19H26ClN5O2. The van der Waals surface area contributed by atoms with Crippen LogP contribution in [-0.4, -0.2) is 30.8 Å². The summed E-state index contributed by atoms with van der Waals surface area (Å²) < 4.78 is 5.11. The van der Waals surface area contributed by atoms with Crippen LogP contribution in [0.3, 0.4) is 0 Å². The van der Waals surface area contributed by atoms with Crippen molar-refractivity contribution in [3.63, 3.8) is 0 Å². The molecule has 27 heavy (non-hydrogen) atoms. The van der Waals surface area contributed by atoms with Gasteiger partial charge in [0.15, 0.2) is 0 Å². The van der Waals surface area contributed by atoms with Gasteiger partial charge in [-0.1, -0.05) is 12.1 Å². The van der Waals surface area contributed by atoms with Crippen LogP contribution in [0.5, 0.6) is 0 Å². The topological polar surface area (TPSA) is 117 Å². The molecule has 8 heteroatoms. The molecule has 1 aliphatic rings. The molecule has 0 aliphatic heterocycles. The monoisotopic (exact) mass is 391 g/mol. The van der Waals surface area contributed by atoms with Crippen molar-refractivity contribution >= 4 is 29.5 Å². The number of benzene rings is 1. The number of rotatable bonds is 9. The van der Waals surface area contributed by atoms with Crippen molar-refractivity contribution in [2.45, 2.75) is 19.2 Å². The number of nitrogens with zero attached hydrogens (tertiary/aromatic N) is 1. The lowest BCUT2D eigenvalue weighted by Gasteiger charge is -2.16. The van der Waals surface area contributed by atoms with Gasteiger partial charge < -0.3 is 26.2 Å². The van der Waals surface area contributed by atoms with Crippen LogP contribution < -0.4 is 16.9 Å². The summed E-state index contributed by atoms with van der Waals surface area (Å²) in [5, 5.41) is 12.4. The van der Waals surface area contributed by atoms with Gasteiger partial charge in [-0.15, -0.1) is 11.6 Å². The molecule has 1 fully saturated rings. The fourth-order valence-electron chi connectivity index (χ4n) is 2.92. The quantitative estimate of drug-likeness (QED) is 0.128. The second-order valence-corrected chi connectivity index (χ2v) is 6.66. The molecule has 146 valence electrons. The molecule has 1 aromatic carbocycles. The number of esters is 1. The van der Waals surface area contributed by atoms with Gasteiger partial charge in [0.1, 0.15) is 0 Å². The molecule has 0 bridgehead atoms. The standard InChI is InChI=1S/C19H26ClN5O2/c1-3-27-19(26)16(10-21)18(15-8-14(15)17(22)11-25(2)23)24-13-6-4-5-12(7-13)9-20/h4-7,10-11,14-15,21,24H,3,8-9,22-23H2,1-2H3/b17-11-,18-16+,21-10?/t14?,15-/m1/s1. The van der Waals surface area contributed by atoms with Crippen molar-refractivity contribution in [2.75, 3.05) is 19.0 Å². The first-order valence-corrected chi connectivity index (χ1v) is 9.23. The summed E-state index contributed by atoms with van der Waals surface area (Å²) in [6.07, 6.45) is 3.44. The number of alkyl halides is 1. The summed E-state index contributed by atoms with van der Waals surface area (Å²) in [6, 6.07) is 7.59. The molecule has 6 N–H and O–H groups in total. The lowest BCUT2D eigenvalue weighted by atomic mass is 10.1. The number of halogens is 1. The second kappa shape index (κ2) is 9.43. The number of anilines is 1. The van der Waals surface area contributed by atoms with E-state index >= 15 is 0 Å². The molecule has 0 saturated heterocycles. The highest BCUT2D eigenvalue weighted by Crippen LogP contribution is 2.48. The molecule has 0 amide bonds. The summed E-state index contributed by atoms with van der Waals surface area (Å²) in [7, 11) is 1.69. The van der Waals surface area contributed by atoms with E-state index in [9.17, 15) is 4.79 Å². The Morgan fingerprint density at radius 3 is 2.81 bits per heavy atom. The van der Waals surface area contributed by atoms with Crippen molar-refractivity contribution in [3.8, 4) is 0 Å². The number of carbonyl (C=O) groups is 1. The number of carbonyl (C=O) groups excluding carboxylic acids is 1. The lowest BCUT2D eigenvalue weighted by Crippen LogP contribution is -2.22. The average molecular weight is 392 g/mol. The lowest BCUT2D eigenvalue weighted by molar-refractivity contribution is -0.137. The highest BCUT2D eigenvalue weighted by molar-refractivity contribution is 6.17. The molecule has 1 saturated carbocycles. The Balaban J connectivity index is 2.37. The maximum Gasteiger partial charge on any atom is 0.341 e. The number of hydrazine groups is 1. The van der Waals surface area contributed by atoms with Crippen LogP contribution in [0, 0.1) is 17.2 Å². The van der Waals surface area contributed by atoms with E-state index in [1.165, 1.54) is 5.01 Å². The molecule has 7 nitrogen and oxygen atoms in total. The van der Waals surface area contributed by atoms with Gasteiger partial charge >= 0.3 is 5.97 Å². The highest BCUT2D eigenvalue weighted by Gasteiger charge is 2.44. The zero-order valence-corrected chi connectivity index (χ0v) is 16.3. The van der Waals surface area contributed by atoms with Crippen LogP contribution in [0.1, 0.15) is 18.9 Å². The molecule has 0 radical (unpaired) electrons. The molecule has 2 atom stereocenters. The number of nitrogens with two attached hydrogens (primary N) is 2. The Labute approximate surface area is 164 Å². The summed E-state index contributed by atoms with van der Waals surface area (Å²) in [4.78, 5) is 12.3. The van der Waals surface area contributed by atoms with E-state index < -0.39 is 5.97 Å². The van der Waals surface area contributed by atoms with Crippen molar-refractivity contribution < 1.29 is 9.53 Å². The maximum absolute atomic E-state index is 12.3. The third kappa shape index (κ3) is 5.48. The normalized spacial score (nSPS) is 19.8. The van der Waals surface area contributed by atoms with Gasteiger partial charge in [-0.2, -0.15) is 0 Å². The first kappa shape index (κ1) is 20.8. The smallest absolute Gasteiger partial charge is 0.341 e. The Morgan fingerprint density at radius 1 is 1.48 bits per heavy atom. The van der Waals surface area contributed by atoms with Crippen LogP contribution in [0.2, 0.25) is 0 Å². The van der Waals surface area contributed by atoms with Gasteiger partial charge in [0.25, 0.3) is 0 Å². The first-order chi connectivity index (χ1) is 12.9. The van der Waals surface area contributed by atoms with Crippen LogP contribution in [0.15, 0.2) is 47.4 Å². The third-order valence-electron chi connectivity index (χ3n) is 4.23. The molecular weight excluding hydrogens is 366 g/mol. The zero-order valence-electron chi connectivity index (χ0n) is 15.5. The maximum atomic E-state index is 12.3. The number of hydrogen-bond donors (Lipinski definition) is 4. The number of nitrogens with one attached hydrogen (secondary N) is 2. The highest BCUT2D eigenvalue weighted by atomic mass is 35.5. The van der Waals surface area contributed by atoms with Gasteiger partial charge in [0, 0.05) is 54.3 Å². The van der Waals surface area contributed by atoms with Crippen LogP contribution in [0.25, 0.3) is 0 Å². The van der Waals surface area contributed by atoms with E-state index in [2.05, 4.69) is 5.32 Å². The fourth-order valence-corrected chi connectivity index (χ4v) is 3.08. The number of allylic oxidation sites excluding steroid dienone is 2. The Kier molecular flexibility index (Phi) is 7.27. The van der Waals surface area contributed by atoms with Gasteiger partial charge in [0.05, 0.1) is 12.2 Å². The fraction of sp³-hybridized carbons (Fsp3) is 0.368. The van der Waals surface area contributed by atoms with E-state index in [4.69, 9.17) is 33.3 Å². The van der Waals surface area contributed by atoms with Crippen LogP contribution in [-0.2, 0) is 15.4 Å². The van der Waals surface area contributed by atoms with E-state index in [0.29, 0.717) is 17.3 Å². The molecule has 1 aromatic rings. The average Bonchev–Trinajstić information content (AvgIpc) is 3.42. The summed E-state index contributed by atoms with van der Waals surface area (Å²) in [5.41, 5.74) is 9.30. The largest absolute Gasteiger partial charge is 0.462 e. The van der Waals surface area contributed by atoms with Gasteiger partial charge in [0.2, 0.25) is 0 Å². The minimum atomic E-state index is -0.535. The van der Waals surface area contributed by atoms with E-state index in [1.807, 2.05) is 24.3 Å². The molecule has 0 heterocycles. The Bertz CT molecular complexity index is 760. The molecule has 0 aromatic heterocycles. The summed E-state index contributed by atoms with van der Waals surface area (Å²) >= 11 is 5.91. The SMILES string of the molecule is CCOC(=O)/C(C=N)=C(/Nc1cccc(CCl)c1)[C@@H]1CC1/C(N)=C/N(C)N. The van der Waals surface area contributed by atoms with E-state index in [-0.39, 0.29) is 24.0 Å². The van der Waals surface area contributed by atoms with E-state index in [0.717, 1.165) is 23.9 Å². The molecule has 2 rings (SSSR count). The second-order valence-electron chi connectivity index (χ2n) is 6.39. The van der Waals surface area contributed by atoms with Gasteiger partial charge in [-0.25, -0.2) is 10.6 Å².